The third-order valence-electron chi connectivity index (χ3n) is 3.23. The number of hydrogen-bond acceptors (Lipinski definition) is 3. The predicted octanol–water partition coefficient (Wildman–Crippen LogP) is 3.74. The average Bonchev–Trinajstić information content (AvgIpc) is 2.43. The molecule has 1 rings (SSSR count). The minimum Gasteiger partial charge on any atom is -0.497 e. The number of ether oxygens (including phenoxy) is 1. The number of nitrogens with one attached hydrogen (secondary N) is 1. The summed E-state index contributed by atoms with van der Waals surface area (Å²) in [7, 11) is 3.74. The first-order valence-corrected chi connectivity index (χ1v) is 7.75. The normalized spacial score (nSPS) is 14.2. The van der Waals surface area contributed by atoms with Crippen LogP contribution in [0.1, 0.15) is 31.9 Å². The Bertz CT molecular complexity index is 343. The first-order chi connectivity index (χ1) is 8.71. The molecule has 0 saturated carbocycles. The van der Waals surface area contributed by atoms with Gasteiger partial charge in [0.05, 0.1) is 7.11 Å². The van der Waals surface area contributed by atoms with Gasteiger partial charge in [-0.2, -0.15) is 11.8 Å². The number of benzene rings is 1. The summed E-state index contributed by atoms with van der Waals surface area (Å²) in [6, 6.07) is 8.72. The van der Waals surface area contributed by atoms with Gasteiger partial charge in [-0.1, -0.05) is 32.4 Å². The van der Waals surface area contributed by atoms with E-state index in [0.29, 0.717) is 6.04 Å². The van der Waals surface area contributed by atoms with E-state index in [9.17, 15) is 0 Å². The van der Waals surface area contributed by atoms with E-state index in [-0.39, 0.29) is 0 Å². The van der Waals surface area contributed by atoms with E-state index in [1.807, 2.05) is 24.9 Å². The van der Waals surface area contributed by atoms with Gasteiger partial charge in [-0.15, -0.1) is 0 Å². The lowest BCUT2D eigenvalue weighted by Gasteiger charge is -2.18. The van der Waals surface area contributed by atoms with Crippen LogP contribution < -0.4 is 10.1 Å². The summed E-state index contributed by atoms with van der Waals surface area (Å²) in [5.41, 5.74) is 1.30. The topological polar surface area (TPSA) is 21.3 Å². The molecule has 2 unspecified atom stereocenters. The molecule has 2 atom stereocenters. The first kappa shape index (κ1) is 15.4. The van der Waals surface area contributed by atoms with Gasteiger partial charge < -0.3 is 10.1 Å². The van der Waals surface area contributed by atoms with E-state index < -0.39 is 0 Å². The van der Waals surface area contributed by atoms with Crippen LogP contribution in [-0.2, 0) is 0 Å². The maximum atomic E-state index is 5.28. The van der Waals surface area contributed by atoms with E-state index in [0.717, 1.165) is 17.4 Å². The highest BCUT2D eigenvalue weighted by molar-refractivity contribution is 7.99. The van der Waals surface area contributed by atoms with E-state index in [1.54, 1.807) is 7.11 Å². The van der Waals surface area contributed by atoms with Crippen molar-refractivity contribution in [3.8, 4) is 5.75 Å². The van der Waals surface area contributed by atoms with Crippen molar-refractivity contribution in [3.63, 3.8) is 0 Å². The molecule has 0 amide bonds. The second-order valence-electron chi connectivity index (χ2n) is 4.67. The van der Waals surface area contributed by atoms with Gasteiger partial charge in [0.2, 0.25) is 0 Å². The Hall–Kier alpha value is -0.670. The second kappa shape index (κ2) is 8.44. The van der Waals surface area contributed by atoms with Gasteiger partial charge in [0, 0.05) is 11.8 Å². The molecular formula is C15H25NOS. The Morgan fingerprint density at radius 2 is 2.11 bits per heavy atom. The summed E-state index contributed by atoms with van der Waals surface area (Å²) >= 11 is 2.02. The molecule has 102 valence electrons. The van der Waals surface area contributed by atoms with Crippen molar-refractivity contribution in [3.05, 3.63) is 29.8 Å². The van der Waals surface area contributed by atoms with Crippen LogP contribution in [-0.4, -0.2) is 25.7 Å². The molecule has 0 radical (unpaired) electrons. The SMILES string of the molecule is CCC(C)CSCC(NC)c1cccc(OC)c1. The lowest BCUT2D eigenvalue weighted by atomic mass is 10.1. The molecule has 1 N–H and O–H groups in total. The maximum absolute atomic E-state index is 5.28. The van der Waals surface area contributed by atoms with Crippen LogP contribution in [0, 0.1) is 5.92 Å². The molecule has 0 aliphatic heterocycles. The molecule has 0 aromatic heterocycles. The number of hydrogen-bond donors (Lipinski definition) is 1. The molecule has 2 nitrogen and oxygen atoms in total. The molecule has 3 heteroatoms. The molecule has 1 aromatic carbocycles. The molecule has 0 spiro atoms. The van der Waals surface area contributed by atoms with Crippen molar-refractivity contribution >= 4 is 11.8 Å². The molecule has 0 heterocycles. The minimum atomic E-state index is 0.397. The average molecular weight is 267 g/mol. The molecule has 0 fully saturated rings. The molecule has 1 aromatic rings. The van der Waals surface area contributed by atoms with Crippen LogP contribution in [0.3, 0.4) is 0 Å². The Morgan fingerprint density at radius 3 is 2.72 bits per heavy atom. The van der Waals surface area contributed by atoms with Crippen molar-refractivity contribution in [1.29, 1.82) is 0 Å². The quantitative estimate of drug-likeness (QED) is 0.775. The molecule has 0 bridgehead atoms. The summed E-state index contributed by atoms with van der Waals surface area (Å²) < 4.78 is 5.28. The van der Waals surface area contributed by atoms with E-state index in [1.165, 1.54) is 17.7 Å². The Morgan fingerprint density at radius 1 is 1.33 bits per heavy atom. The van der Waals surface area contributed by atoms with Gasteiger partial charge in [0.1, 0.15) is 5.75 Å². The fourth-order valence-electron chi connectivity index (χ4n) is 1.71. The van der Waals surface area contributed by atoms with E-state index in [4.69, 9.17) is 4.74 Å². The zero-order valence-corrected chi connectivity index (χ0v) is 12.7. The highest BCUT2D eigenvalue weighted by Gasteiger charge is 2.10. The summed E-state index contributed by atoms with van der Waals surface area (Å²) in [6.07, 6.45) is 1.26. The van der Waals surface area contributed by atoms with Crippen molar-refractivity contribution in [2.75, 3.05) is 25.7 Å². The van der Waals surface area contributed by atoms with Gasteiger partial charge >= 0.3 is 0 Å². The number of methoxy groups -OCH3 is 1. The van der Waals surface area contributed by atoms with Crippen molar-refractivity contribution in [2.24, 2.45) is 5.92 Å². The smallest absolute Gasteiger partial charge is 0.119 e. The lowest BCUT2D eigenvalue weighted by Crippen LogP contribution is -2.19. The van der Waals surface area contributed by atoms with Crippen molar-refractivity contribution < 1.29 is 4.74 Å². The van der Waals surface area contributed by atoms with Gasteiger partial charge in [-0.25, -0.2) is 0 Å². The standard InChI is InChI=1S/C15H25NOS/c1-5-12(2)10-18-11-15(16-3)13-7-6-8-14(9-13)17-4/h6-9,12,15-16H,5,10-11H2,1-4H3. The van der Waals surface area contributed by atoms with Gasteiger partial charge in [-0.05, 0) is 36.4 Å². The maximum Gasteiger partial charge on any atom is 0.119 e. The highest BCUT2D eigenvalue weighted by atomic mass is 32.2. The molecule has 0 aliphatic rings. The van der Waals surface area contributed by atoms with Gasteiger partial charge in [-0.3, -0.25) is 0 Å². The van der Waals surface area contributed by atoms with Gasteiger partial charge in [0.25, 0.3) is 0 Å². The molecule has 0 aliphatic carbocycles. The van der Waals surface area contributed by atoms with Crippen LogP contribution >= 0.6 is 11.8 Å². The van der Waals surface area contributed by atoms with Crippen LogP contribution in [0.5, 0.6) is 5.75 Å². The summed E-state index contributed by atoms with van der Waals surface area (Å²) in [6.45, 7) is 4.57. The zero-order chi connectivity index (χ0) is 13.4. The number of rotatable bonds is 8. The lowest BCUT2D eigenvalue weighted by molar-refractivity contribution is 0.413. The van der Waals surface area contributed by atoms with E-state index >= 15 is 0 Å². The third-order valence-corrected chi connectivity index (χ3v) is 4.60. The van der Waals surface area contributed by atoms with Crippen LogP contribution in [0.2, 0.25) is 0 Å². The third kappa shape index (κ3) is 4.91. The summed E-state index contributed by atoms with van der Waals surface area (Å²) in [4.78, 5) is 0. The van der Waals surface area contributed by atoms with E-state index in [2.05, 4.69) is 37.4 Å². The monoisotopic (exact) mass is 267 g/mol. The van der Waals surface area contributed by atoms with Gasteiger partial charge in [0.15, 0.2) is 0 Å². The summed E-state index contributed by atoms with van der Waals surface area (Å²) in [5, 5.41) is 3.39. The second-order valence-corrected chi connectivity index (χ2v) is 5.74. The fourth-order valence-corrected chi connectivity index (χ4v) is 3.08. The Labute approximate surface area is 116 Å². The Kier molecular flexibility index (Phi) is 7.21. The fraction of sp³-hybridized carbons (Fsp3) is 0.600. The first-order valence-electron chi connectivity index (χ1n) is 6.60. The minimum absolute atomic E-state index is 0.397. The largest absolute Gasteiger partial charge is 0.497 e. The van der Waals surface area contributed by atoms with Crippen LogP contribution in [0.25, 0.3) is 0 Å². The van der Waals surface area contributed by atoms with Crippen LogP contribution in [0.15, 0.2) is 24.3 Å². The van der Waals surface area contributed by atoms with Crippen molar-refractivity contribution in [1.82, 2.24) is 5.32 Å². The van der Waals surface area contributed by atoms with Crippen LogP contribution in [0.4, 0.5) is 0 Å². The molecule has 18 heavy (non-hydrogen) atoms. The summed E-state index contributed by atoms with van der Waals surface area (Å²) in [5.74, 6) is 4.07. The number of thioether (sulfide) groups is 1. The Balaban J connectivity index is 2.54. The molecular weight excluding hydrogens is 242 g/mol. The predicted molar refractivity (Wildman–Crippen MR) is 81.6 cm³/mol. The zero-order valence-electron chi connectivity index (χ0n) is 11.9. The van der Waals surface area contributed by atoms with Crippen molar-refractivity contribution in [2.45, 2.75) is 26.3 Å². The highest BCUT2D eigenvalue weighted by Crippen LogP contribution is 2.23. The molecule has 0 saturated heterocycles.